The Labute approximate surface area is 135 Å². The number of carbonyl (C=O) groups is 1. The zero-order chi connectivity index (χ0) is 16.3. The van der Waals surface area contributed by atoms with Crippen molar-refractivity contribution in [1.82, 2.24) is 0 Å². The number of halogens is 1. The van der Waals surface area contributed by atoms with E-state index in [-0.39, 0.29) is 5.97 Å². The molecular formula is C17H19ClN2O2. The minimum Gasteiger partial charge on any atom is -0.468 e. The summed E-state index contributed by atoms with van der Waals surface area (Å²) in [7, 11) is 1.38. The molecule has 0 saturated heterocycles. The van der Waals surface area contributed by atoms with Crippen LogP contribution in [0.2, 0.25) is 5.02 Å². The van der Waals surface area contributed by atoms with Gasteiger partial charge in [-0.25, -0.2) is 0 Å². The SMILES string of the molecule is COC(=O)C(C)(C)c1ccc(Nc2cccc(Cl)c2)c(N)c1. The van der Waals surface area contributed by atoms with E-state index < -0.39 is 5.41 Å². The van der Waals surface area contributed by atoms with Crippen LogP contribution in [0.3, 0.4) is 0 Å². The second kappa shape index (κ2) is 6.28. The molecule has 0 atom stereocenters. The monoisotopic (exact) mass is 318 g/mol. The maximum atomic E-state index is 11.9. The molecular weight excluding hydrogens is 300 g/mol. The highest BCUT2D eigenvalue weighted by molar-refractivity contribution is 6.30. The van der Waals surface area contributed by atoms with Crippen molar-refractivity contribution in [2.75, 3.05) is 18.2 Å². The first kappa shape index (κ1) is 16.2. The van der Waals surface area contributed by atoms with E-state index in [1.165, 1.54) is 7.11 Å². The fourth-order valence-corrected chi connectivity index (χ4v) is 2.35. The third-order valence-electron chi connectivity index (χ3n) is 3.57. The standard InChI is InChI=1S/C17H19ClN2O2/c1-17(2,16(21)22-3)11-7-8-15(14(19)9-11)20-13-6-4-5-12(18)10-13/h4-10,20H,19H2,1-3H3. The number of nitrogen functional groups attached to an aromatic ring is 1. The minimum atomic E-state index is -0.753. The molecule has 0 fully saturated rings. The van der Waals surface area contributed by atoms with E-state index in [1.54, 1.807) is 26.0 Å². The summed E-state index contributed by atoms with van der Waals surface area (Å²) in [5, 5.41) is 3.85. The van der Waals surface area contributed by atoms with Crippen molar-refractivity contribution in [3.63, 3.8) is 0 Å². The van der Waals surface area contributed by atoms with Crippen LogP contribution in [-0.2, 0) is 14.9 Å². The molecule has 0 aliphatic rings. The van der Waals surface area contributed by atoms with Gasteiger partial charge in [0.1, 0.15) is 0 Å². The number of hydrogen-bond donors (Lipinski definition) is 2. The molecule has 5 heteroatoms. The van der Waals surface area contributed by atoms with Crippen LogP contribution in [0, 0.1) is 0 Å². The van der Waals surface area contributed by atoms with Gasteiger partial charge in [-0.3, -0.25) is 4.79 Å². The molecule has 0 aromatic heterocycles. The van der Waals surface area contributed by atoms with E-state index in [2.05, 4.69) is 5.32 Å². The molecule has 116 valence electrons. The lowest BCUT2D eigenvalue weighted by molar-refractivity contribution is -0.146. The number of anilines is 3. The van der Waals surface area contributed by atoms with Crippen molar-refractivity contribution < 1.29 is 9.53 Å². The molecule has 0 saturated carbocycles. The fourth-order valence-electron chi connectivity index (χ4n) is 2.16. The van der Waals surface area contributed by atoms with E-state index in [0.717, 1.165) is 16.9 Å². The number of hydrogen-bond acceptors (Lipinski definition) is 4. The fraction of sp³-hybridized carbons (Fsp3) is 0.235. The summed E-state index contributed by atoms with van der Waals surface area (Å²) in [6.45, 7) is 3.61. The third kappa shape index (κ3) is 3.34. The van der Waals surface area contributed by atoms with E-state index in [4.69, 9.17) is 22.1 Å². The lowest BCUT2D eigenvalue weighted by Gasteiger charge is -2.23. The summed E-state index contributed by atoms with van der Waals surface area (Å²) >= 11 is 5.96. The number of ether oxygens (including phenoxy) is 1. The summed E-state index contributed by atoms with van der Waals surface area (Å²) in [5.74, 6) is -0.303. The number of rotatable bonds is 4. The Morgan fingerprint density at radius 3 is 2.55 bits per heavy atom. The Balaban J connectivity index is 2.29. The zero-order valence-corrected chi connectivity index (χ0v) is 13.6. The van der Waals surface area contributed by atoms with Gasteiger partial charge in [-0.1, -0.05) is 23.7 Å². The normalized spacial score (nSPS) is 11.1. The topological polar surface area (TPSA) is 64.3 Å². The van der Waals surface area contributed by atoms with Gasteiger partial charge in [-0.15, -0.1) is 0 Å². The van der Waals surface area contributed by atoms with Gasteiger partial charge in [-0.2, -0.15) is 0 Å². The van der Waals surface area contributed by atoms with Gasteiger partial charge in [0.2, 0.25) is 0 Å². The van der Waals surface area contributed by atoms with Crippen molar-refractivity contribution in [2.45, 2.75) is 19.3 Å². The third-order valence-corrected chi connectivity index (χ3v) is 3.81. The van der Waals surface area contributed by atoms with Gasteiger partial charge in [0.05, 0.1) is 23.9 Å². The maximum absolute atomic E-state index is 11.9. The number of methoxy groups -OCH3 is 1. The lowest BCUT2D eigenvalue weighted by atomic mass is 9.84. The molecule has 0 unspecified atom stereocenters. The van der Waals surface area contributed by atoms with Gasteiger partial charge >= 0.3 is 5.97 Å². The molecule has 0 radical (unpaired) electrons. The van der Waals surface area contributed by atoms with Crippen molar-refractivity contribution >= 4 is 34.6 Å². The first-order chi connectivity index (χ1) is 10.3. The number of esters is 1. The maximum Gasteiger partial charge on any atom is 0.315 e. The summed E-state index contributed by atoms with van der Waals surface area (Å²) in [6.07, 6.45) is 0. The molecule has 0 spiro atoms. The van der Waals surface area contributed by atoms with Crippen LogP contribution in [-0.4, -0.2) is 13.1 Å². The van der Waals surface area contributed by atoms with Crippen molar-refractivity contribution in [3.8, 4) is 0 Å². The van der Waals surface area contributed by atoms with Gasteiger partial charge in [0.15, 0.2) is 0 Å². The van der Waals surface area contributed by atoms with E-state index in [0.29, 0.717) is 10.7 Å². The smallest absolute Gasteiger partial charge is 0.315 e. The number of carbonyl (C=O) groups excluding carboxylic acids is 1. The molecule has 2 rings (SSSR count). The van der Waals surface area contributed by atoms with Crippen molar-refractivity contribution in [1.29, 1.82) is 0 Å². The largest absolute Gasteiger partial charge is 0.468 e. The summed E-state index contributed by atoms with van der Waals surface area (Å²) in [5.41, 5.74) is 8.30. The minimum absolute atomic E-state index is 0.303. The van der Waals surface area contributed by atoms with Gasteiger partial charge in [0.25, 0.3) is 0 Å². The number of nitrogens with two attached hydrogens (primary N) is 1. The molecule has 22 heavy (non-hydrogen) atoms. The molecule has 3 N–H and O–H groups in total. The second-order valence-electron chi connectivity index (χ2n) is 5.55. The Morgan fingerprint density at radius 2 is 1.95 bits per heavy atom. The average molecular weight is 319 g/mol. The van der Waals surface area contributed by atoms with Crippen LogP contribution >= 0.6 is 11.6 Å². The quantitative estimate of drug-likeness (QED) is 0.657. The van der Waals surface area contributed by atoms with Gasteiger partial charge in [0, 0.05) is 10.7 Å². The zero-order valence-electron chi connectivity index (χ0n) is 12.8. The highest BCUT2D eigenvalue weighted by atomic mass is 35.5. The highest BCUT2D eigenvalue weighted by Gasteiger charge is 2.31. The predicted molar refractivity (Wildman–Crippen MR) is 90.6 cm³/mol. The Hall–Kier alpha value is -2.20. The Morgan fingerprint density at radius 1 is 1.23 bits per heavy atom. The number of nitrogens with one attached hydrogen (secondary N) is 1. The molecule has 0 aliphatic heterocycles. The first-order valence-electron chi connectivity index (χ1n) is 6.85. The highest BCUT2D eigenvalue weighted by Crippen LogP contribution is 2.31. The van der Waals surface area contributed by atoms with Crippen LogP contribution in [0.5, 0.6) is 0 Å². The van der Waals surface area contributed by atoms with Crippen LogP contribution in [0.25, 0.3) is 0 Å². The van der Waals surface area contributed by atoms with Crippen LogP contribution in [0.1, 0.15) is 19.4 Å². The van der Waals surface area contributed by atoms with Crippen LogP contribution in [0.15, 0.2) is 42.5 Å². The van der Waals surface area contributed by atoms with Crippen molar-refractivity contribution in [3.05, 3.63) is 53.1 Å². The molecule has 4 nitrogen and oxygen atoms in total. The van der Waals surface area contributed by atoms with E-state index in [1.807, 2.05) is 30.3 Å². The molecule has 0 bridgehead atoms. The van der Waals surface area contributed by atoms with E-state index >= 15 is 0 Å². The second-order valence-corrected chi connectivity index (χ2v) is 5.99. The predicted octanol–water partition coefficient (Wildman–Crippen LogP) is 4.12. The number of benzene rings is 2. The molecule has 0 heterocycles. The van der Waals surface area contributed by atoms with Crippen molar-refractivity contribution in [2.24, 2.45) is 0 Å². The van der Waals surface area contributed by atoms with E-state index in [9.17, 15) is 4.79 Å². The lowest BCUT2D eigenvalue weighted by Crippen LogP contribution is -2.30. The summed E-state index contributed by atoms with van der Waals surface area (Å²) in [6, 6.07) is 12.9. The molecule has 0 amide bonds. The summed E-state index contributed by atoms with van der Waals surface area (Å²) in [4.78, 5) is 11.9. The Bertz CT molecular complexity index is 699. The van der Waals surface area contributed by atoms with Gasteiger partial charge < -0.3 is 15.8 Å². The first-order valence-corrected chi connectivity index (χ1v) is 7.23. The van der Waals surface area contributed by atoms with Gasteiger partial charge in [-0.05, 0) is 49.7 Å². The summed E-state index contributed by atoms with van der Waals surface area (Å²) < 4.78 is 4.84. The molecule has 2 aromatic carbocycles. The van der Waals surface area contributed by atoms with Crippen LogP contribution < -0.4 is 11.1 Å². The van der Waals surface area contributed by atoms with Crippen LogP contribution in [0.4, 0.5) is 17.1 Å². The Kier molecular flexibility index (Phi) is 4.62. The molecule has 0 aliphatic carbocycles. The molecule has 2 aromatic rings. The average Bonchev–Trinajstić information content (AvgIpc) is 2.48.